The molecule has 0 saturated heterocycles. The number of hydrogen-bond donors (Lipinski definition) is 1. The largest absolute Gasteiger partial charge is 0.350 e. The Hall–Kier alpha value is -3.48. The van der Waals surface area contributed by atoms with E-state index in [1.54, 1.807) is 31.3 Å². The highest BCUT2D eigenvalue weighted by Crippen LogP contribution is 2.31. The third-order valence-electron chi connectivity index (χ3n) is 4.85. The van der Waals surface area contributed by atoms with E-state index < -0.39 is 11.5 Å². The van der Waals surface area contributed by atoms with Crippen molar-refractivity contribution in [1.82, 2.24) is 19.3 Å². The molecule has 2 aromatic carbocycles. The molecule has 0 atom stereocenters. The predicted octanol–water partition coefficient (Wildman–Crippen LogP) is 4.23. The van der Waals surface area contributed by atoms with Crippen LogP contribution in [0.5, 0.6) is 0 Å². The lowest BCUT2D eigenvalue weighted by atomic mass is 10.0. The number of nitrogens with one attached hydrogen (secondary N) is 1. The second-order valence-corrected chi connectivity index (χ2v) is 6.64. The highest BCUT2D eigenvalue weighted by molar-refractivity contribution is 5.95. The molecule has 7 heteroatoms. The molecule has 4 aromatic rings. The molecule has 1 N–H and O–H groups in total. The van der Waals surface area contributed by atoms with Crippen LogP contribution in [0.2, 0.25) is 0 Å². The second kappa shape index (κ2) is 6.60. The molecule has 0 aliphatic carbocycles. The van der Waals surface area contributed by atoms with Gasteiger partial charge < -0.3 is 4.57 Å². The summed E-state index contributed by atoms with van der Waals surface area (Å²) in [4.78, 5) is 12.6. The van der Waals surface area contributed by atoms with Crippen LogP contribution >= 0.6 is 0 Å². The average molecular weight is 380 g/mol. The van der Waals surface area contributed by atoms with E-state index in [2.05, 4.69) is 10.2 Å². The number of H-pyrrole nitrogens is 1. The number of benzene rings is 2. The van der Waals surface area contributed by atoms with Gasteiger partial charge in [0.2, 0.25) is 0 Å². The number of aryl methyl sites for hydroxylation is 2. The van der Waals surface area contributed by atoms with Crippen molar-refractivity contribution < 1.29 is 8.78 Å². The maximum atomic E-state index is 13.9. The second-order valence-electron chi connectivity index (χ2n) is 6.64. The van der Waals surface area contributed by atoms with Crippen molar-refractivity contribution >= 4 is 16.6 Å². The SMILES string of the molecule is C/C=C(\c1cc(F)ccc1C)n1c(-c2cn(C)c3ccc(F)cc23)n[nH]c1=O. The van der Waals surface area contributed by atoms with Gasteiger partial charge in [-0.3, -0.25) is 0 Å². The van der Waals surface area contributed by atoms with E-state index in [1.807, 2.05) is 18.5 Å². The molecule has 4 rings (SSSR count). The van der Waals surface area contributed by atoms with Crippen LogP contribution in [-0.2, 0) is 7.05 Å². The number of halogens is 2. The number of allylic oxidation sites excluding steroid dienone is 1. The quantitative estimate of drug-likeness (QED) is 0.578. The molecule has 142 valence electrons. The molecule has 0 bridgehead atoms. The zero-order valence-corrected chi connectivity index (χ0v) is 15.6. The number of fused-ring (bicyclic) bond motifs is 1. The van der Waals surface area contributed by atoms with Crippen LogP contribution in [0.3, 0.4) is 0 Å². The summed E-state index contributed by atoms with van der Waals surface area (Å²) in [5, 5.41) is 7.28. The Balaban J connectivity index is 2.00. The van der Waals surface area contributed by atoms with E-state index in [-0.39, 0.29) is 5.82 Å². The van der Waals surface area contributed by atoms with Gasteiger partial charge in [-0.2, -0.15) is 5.10 Å². The van der Waals surface area contributed by atoms with Crippen molar-refractivity contribution in [3.8, 4) is 11.4 Å². The Bertz CT molecular complexity index is 1290. The Labute approximate surface area is 159 Å². The van der Waals surface area contributed by atoms with E-state index >= 15 is 0 Å². The van der Waals surface area contributed by atoms with Crippen LogP contribution in [0.1, 0.15) is 18.1 Å². The molecule has 0 unspecified atom stereocenters. The summed E-state index contributed by atoms with van der Waals surface area (Å²) in [5.74, 6) is -0.445. The molecule has 0 amide bonds. The van der Waals surface area contributed by atoms with Crippen LogP contribution in [0.4, 0.5) is 8.78 Å². The number of rotatable bonds is 3. The molecule has 0 fully saturated rings. The fourth-order valence-electron chi connectivity index (χ4n) is 3.52. The lowest BCUT2D eigenvalue weighted by Gasteiger charge is -2.13. The lowest BCUT2D eigenvalue weighted by molar-refractivity contribution is 0.626. The number of hydrogen-bond acceptors (Lipinski definition) is 2. The van der Waals surface area contributed by atoms with Gasteiger partial charge in [0.1, 0.15) is 11.6 Å². The van der Waals surface area contributed by atoms with Crippen LogP contribution in [0, 0.1) is 18.6 Å². The van der Waals surface area contributed by atoms with E-state index in [0.29, 0.717) is 28.0 Å². The van der Waals surface area contributed by atoms with Gasteiger partial charge >= 0.3 is 5.69 Å². The molecular weight excluding hydrogens is 362 g/mol. The minimum absolute atomic E-state index is 0.331. The van der Waals surface area contributed by atoms with Crippen molar-refractivity contribution in [2.24, 2.45) is 7.05 Å². The molecule has 0 saturated carbocycles. The lowest BCUT2D eigenvalue weighted by Crippen LogP contribution is -2.18. The molecule has 2 heterocycles. The maximum absolute atomic E-state index is 13.9. The van der Waals surface area contributed by atoms with Crippen LogP contribution in [-0.4, -0.2) is 19.3 Å². The number of aromatic amines is 1. The zero-order valence-electron chi connectivity index (χ0n) is 15.6. The van der Waals surface area contributed by atoms with Crippen molar-refractivity contribution in [3.05, 3.63) is 81.9 Å². The Morgan fingerprint density at radius 3 is 2.61 bits per heavy atom. The molecule has 2 aromatic heterocycles. The van der Waals surface area contributed by atoms with Crippen molar-refractivity contribution in [2.45, 2.75) is 13.8 Å². The van der Waals surface area contributed by atoms with Crippen LogP contribution in [0.25, 0.3) is 28.0 Å². The predicted molar refractivity (Wildman–Crippen MR) is 105 cm³/mol. The Kier molecular flexibility index (Phi) is 4.22. The van der Waals surface area contributed by atoms with Gasteiger partial charge in [-0.15, -0.1) is 0 Å². The third-order valence-corrected chi connectivity index (χ3v) is 4.85. The smallest absolute Gasteiger partial charge is 0.348 e. The molecule has 5 nitrogen and oxygen atoms in total. The first kappa shape index (κ1) is 17.9. The van der Waals surface area contributed by atoms with Gasteiger partial charge in [0.25, 0.3) is 0 Å². The molecule has 28 heavy (non-hydrogen) atoms. The topological polar surface area (TPSA) is 55.6 Å². The standard InChI is InChI=1S/C21H18F2N4O/c1-4-18(15-9-13(22)6-5-12(15)2)27-20(24-25-21(27)28)17-11-26(3)19-8-7-14(23)10-16(17)19/h4-11H,1-3H3,(H,25,28)/b18-4+. The molecule has 0 aliphatic heterocycles. The van der Waals surface area contributed by atoms with Gasteiger partial charge in [0.05, 0.1) is 5.70 Å². The van der Waals surface area contributed by atoms with Crippen molar-refractivity contribution in [3.63, 3.8) is 0 Å². The average Bonchev–Trinajstić information content (AvgIpc) is 3.19. The first-order chi connectivity index (χ1) is 13.4. The number of aromatic nitrogens is 4. The first-order valence-electron chi connectivity index (χ1n) is 8.76. The summed E-state index contributed by atoms with van der Waals surface area (Å²) in [6, 6.07) is 8.90. The highest BCUT2D eigenvalue weighted by Gasteiger charge is 2.20. The van der Waals surface area contributed by atoms with Gasteiger partial charge in [0.15, 0.2) is 5.82 Å². The molecule has 0 radical (unpaired) electrons. The van der Waals surface area contributed by atoms with Crippen molar-refractivity contribution in [1.29, 1.82) is 0 Å². The summed E-state index contributed by atoms with van der Waals surface area (Å²) >= 11 is 0. The van der Waals surface area contributed by atoms with Gasteiger partial charge in [-0.05, 0) is 49.7 Å². The fourth-order valence-corrected chi connectivity index (χ4v) is 3.52. The van der Waals surface area contributed by atoms with E-state index in [9.17, 15) is 13.6 Å². The number of nitrogens with zero attached hydrogens (tertiary/aromatic N) is 3. The first-order valence-corrected chi connectivity index (χ1v) is 8.76. The minimum Gasteiger partial charge on any atom is -0.350 e. The normalized spacial score (nSPS) is 12.1. The summed E-state index contributed by atoms with van der Waals surface area (Å²) in [7, 11) is 1.84. The highest BCUT2D eigenvalue weighted by atomic mass is 19.1. The van der Waals surface area contributed by atoms with E-state index in [1.165, 1.54) is 28.8 Å². The summed E-state index contributed by atoms with van der Waals surface area (Å²) < 4.78 is 31.0. The minimum atomic E-state index is -0.458. The molecular formula is C21H18F2N4O. The third kappa shape index (κ3) is 2.76. The Morgan fingerprint density at radius 2 is 1.86 bits per heavy atom. The van der Waals surface area contributed by atoms with Gasteiger partial charge in [0, 0.05) is 35.3 Å². The van der Waals surface area contributed by atoms with Crippen LogP contribution in [0.15, 0.2) is 53.5 Å². The Morgan fingerprint density at radius 1 is 1.14 bits per heavy atom. The van der Waals surface area contributed by atoms with E-state index in [4.69, 9.17) is 0 Å². The maximum Gasteiger partial charge on any atom is 0.348 e. The fraction of sp³-hybridized carbons (Fsp3) is 0.143. The summed E-state index contributed by atoms with van der Waals surface area (Å²) in [6.45, 7) is 3.61. The summed E-state index contributed by atoms with van der Waals surface area (Å²) in [6.07, 6.45) is 3.52. The summed E-state index contributed by atoms with van der Waals surface area (Å²) in [5.41, 5.74) is 2.85. The zero-order chi connectivity index (χ0) is 20.0. The molecule has 0 spiro atoms. The van der Waals surface area contributed by atoms with Crippen LogP contribution < -0.4 is 5.69 Å². The monoisotopic (exact) mass is 380 g/mol. The van der Waals surface area contributed by atoms with Gasteiger partial charge in [-0.25, -0.2) is 23.2 Å². The van der Waals surface area contributed by atoms with E-state index in [0.717, 1.165) is 11.1 Å². The van der Waals surface area contributed by atoms with Crippen molar-refractivity contribution in [2.75, 3.05) is 0 Å². The van der Waals surface area contributed by atoms with Gasteiger partial charge in [-0.1, -0.05) is 12.1 Å². The molecule has 0 aliphatic rings.